The molecule has 5 heteroatoms. The topological polar surface area (TPSA) is 37.4 Å². The van der Waals surface area contributed by atoms with Crippen molar-refractivity contribution >= 4 is 10.0 Å². The van der Waals surface area contributed by atoms with Crippen LogP contribution in [0.4, 0.5) is 4.39 Å². The molecule has 3 nitrogen and oxygen atoms in total. The van der Waals surface area contributed by atoms with Gasteiger partial charge < -0.3 is 0 Å². The zero-order valence-electron chi connectivity index (χ0n) is 10.7. The summed E-state index contributed by atoms with van der Waals surface area (Å²) in [5.74, 6) is -0.0206. The van der Waals surface area contributed by atoms with Gasteiger partial charge in [-0.15, -0.1) is 0 Å². The third kappa shape index (κ3) is 2.57. The molecule has 0 amide bonds. The number of halogens is 1. The van der Waals surface area contributed by atoms with Gasteiger partial charge in [-0.2, -0.15) is 4.31 Å². The van der Waals surface area contributed by atoms with Crippen molar-refractivity contribution in [1.29, 1.82) is 0 Å². The highest BCUT2D eigenvalue weighted by atomic mass is 32.2. The molecule has 0 radical (unpaired) electrons. The van der Waals surface area contributed by atoms with Gasteiger partial charge in [0.15, 0.2) is 0 Å². The van der Waals surface area contributed by atoms with Crippen molar-refractivity contribution in [3.63, 3.8) is 0 Å². The summed E-state index contributed by atoms with van der Waals surface area (Å²) >= 11 is 0. The minimum absolute atomic E-state index is 0.220. The quantitative estimate of drug-likeness (QED) is 0.829. The van der Waals surface area contributed by atoms with E-state index in [1.807, 2.05) is 0 Å². The Kier molecular flexibility index (Phi) is 3.73. The maximum Gasteiger partial charge on any atom is 0.243 e. The fraction of sp³-hybridized carbons (Fsp3) is 0.538. The number of nitrogens with zero attached hydrogens (tertiary/aromatic N) is 1. The molecular weight excluding hydrogens is 253 g/mol. The molecule has 0 N–H and O–H groups in total. The van der Waals surface area contributed by atoms with Crippen LogP contribution in [0.1, 0.15) is 25.3 Å². The summed E-state index contributed by atoms with van der Waals surface area (Å²) in [6.07, 6.45) is 1.95. The molecule has 1 aliphatic heterocycles. The van der Waals surface area contributed by atoms with Crippen LogP contribution in [0.3, 0.4) is 0 Å². The average molecular weight is 271 g/mol. The lowest BCUT2D eigenvalue weighted by atomic mass is 10.0. The van der Waals surface area contributed by atoms with Crippen molar-refractivity contribution < 1.29 is 12.8 Å². The highest BCUT2D eigenvalue weighted by molar-refractivity contribution is 7.89. The van der Waals surface area contributed by atoms with Crippen LogP contribution in [-0.4, -0.2) is 25.8 Å². The monoisotopic (exact) mass is 271 g/mol. The molecule has 1 atom stereocenters. The van der Waals surface area contributed by atoms with Gasteiger partial charge in [0.1, 0.15) is 5.82 Å². The molecular formula is C13H18FNO2S. The van der Waals surface area contributed by atoms with Crippen molar-refractivity contribution in [2.45, 2.75) is 31.6 Å². The summed E-state index contributed by atoms with van der Waals surface area (Å²) in [6.45, 7) is 4.80. The van der Waals surface area contributed by atoms with Crippen LogP contribution >= 0.6 is 0 Å². The fourth-order valence-electron chi connectivity index (χ4n) is 2.41. The van der Waals surface area contributed by atoms with Gasteiger partial charge in [-0.25, -0.2) is 12.8 Å². The van der Waals surface area contributed by atoms with Crippen LogP contribution in [0.5, 0.6) is 0 Å². The lowest BCUT2D eigenvalue weighted by molar-refractivity contribution is 0.281. The molecule has 1 saturated heterocycles. The average Bonchev–Trinajstić information content (AvgIpc) is 2.28. The molecule has 18 heavy (non-hydrogen) atoms. The molecule has 1 aromatic carbocycles. The Morgan fingerprint density at radius 3 is 2.72 bits per heavy atom. The van der Waals surface area contributed by atoms with E-state index in [0.29, 0.717) is 24.6 Å². The predicted molar refractivity (Wildman–Crippen MR) is 68.3 cm³/mol. The molecule has 100 valence electrons. The lowest BCUT2D eigenvalue weighted by Crippen LogP contribution is -2.39. The molecule has 0 unspecified atom stereocenters. The Bertz CT molecular complexity index is 542. The first-order valence-corrected chi connectivity index (χ1v) is 7.61. The summed E-state index contributed by atoms with van der Waals surface area (Å²) in [5.41, 5.74) is 0.466. The minimum atomic E-state index is -3.48. The molecule has 1 aliphatic rings. The van der Waals surface area contributed by atoms with E-state index < -0.39 is 15.8 Å². The summed E-state index contributed by atoms with van der Waals surface area (Å²) < 4.78 is 39.5. The van der Waals surface area contributed by atoms with E-state index in [2.05, 4.69) is 6.92 Å². The molecule has 0 spiro atoms. The smallest absolute Gasteiger partial charge is 0.207 e. The van der Waals surface area contributed by atoms with Gasteiger partial charge in [0.05, 0.1) is 4.90 Å². The fourth-order valence-corrected chi connectivity index (χ4v) is 4.21. The van der Waals surface area contributed by atoms with Gasteiger partial charge in [0, 0.05) is 13.1 Å². The Hall–Kier alpha value is -0.940. The maximum absolute atomic E-state index is 13.0. The van der Waals surface area contributed by atoms with Crippen molar-refractivity contribution in [1.82, 2.24) is 4.31 Å². The van der Waals surface area contributed by atoms with E-state index in [9.17, 15) is 12.8 Å². The van der Waals surface area contributed by atoms with Gasteiger partial charge in [0.2, 0.25) is 10.0 Å². The Morgan fingerprint density at radius 1 is 1.39 bits per heavy atom. The number of benzene rings is 1. The van der Waals surface area contributed by atoms with Crippen LogP contribution in [0, 0.1) is 18.7 Å². The van der Waals surface area contributed by atoms with E-state index in [1.54, 1.807) is 6.92 Å². The highest BCUT2D eigenvalue weighted by Gasteiger charge is 2.29. The van der Waals surface area contributed by atoms with Gasteiger partial charge in [0.25, 0.3) is 0 Å². The van der Waals surface area contributed by atoms with Gasteiger partial charge in [-0.05, 0) is 49.4 Å². The lowest BCUT2D eigenvalue weighted by Gasteiger charge is -2.30. The number of aryl methyl sites for hydroxylation is 1. The predicted octanol–water partition coefficient (Wildman–Crippen LogP) is 2.55. The molecule has 1 aromatic rings. The largest absolute Gasteiger partial charge is 0.243 e. The minimum Gasteiger partial charge on any atom is -0.207 e. The normalized spacial score (nSPS) is 22.1. The zero-order chi connectivity index (χ0) is 13.3. The molecule has 1 fully saturated rings. The van der Waals surface area contributed by atoms with Gasteiger partial charge in [-0.3, -0.25) is 0 Å². The maximum atomic E-state index is 13.0. The van der Waals surface area contributed by atoms with Crippen LogP contribution in [0.15, 0.2) is 23.1 Å². The molecule has 0 saturated carbocycles. The van der Waals surface area contributed by atoms with E-state index in [4.69, 9.17) is 0 Å². The van der Waals surface area contributed by atoms with Crippen LogP contribution < -0.4 is 0 Å². The van der Waals surface area contributed by atoms with Crippen LogP contribution in [0.2, 0.25) is 0 Å². The summed E-state index contributed by atoms with van der Waals surface area (Å²) in [4.78, 5) is 0.220. The standard InChI is InChI=1S/C13H18FNO2S/c1-10-4-3-7-15(9-10)18(16,17)13-6-5-12(14)8-11(13)2/h5-6,8,10H,3-4,7,9H2,1-2H3/t10-/m0/s1. The van der Waals surface area contributed by atoms with Crippen molar-refractivity contribution in [3.05, 3.63) is 29.6 Å². The Morgan fingerprint density at radius 2 is 2.11 bits per heavy atom. The van der Waals surface area contributed by atoms with Gasteiger partial charge >= 0.3 is 0 Å². The number of rotatable bonds is 2. The zero-order valence-corrected chi connectivity index (χ0v) is 11.5. The second-order valence-corrected chi connectivity index (χ2v) is 6.93. The van der Waals surface area contributed by atoms with E-state index in [0.717, 1.165) is 12.8 Å². The first-order chi connectivity index (χ1) is 8.41. The van der Waals surface area contributed by atoms with Gasteiger partial charge in [-0.1, -0.05) is 6.92 Å². The molecule has 0 aliphatic carbocycles. The van der Waals surface area contributed by atoms with Crippen molar-refractivity contribution in [2.24, 2.45) is 5.92 Å². The highest BCUT2D eigenvalue weighted by Crippen LogP contribution is 2.25. The van der Waals surface area contributed by atoms with Crippen molar-refractivity contribution in [3.8, 4) is 0 Å². The van der Waals surface area contributed by atoms with Crippen LogP contribution in [0.25, 0.3) is 0 Å². The Balaban J connectivity index is 2.35. The van der Waals surface area contributed by atoms with E-state index in [1.165, 1.54) is 22.5 Å². The van der Waals surface area contributed by atoms with E-state index >= 15 is 0 Å². The first kappa shape index (κ1) is 13.5. The van der Waals surface area contributed by atoms with Crippen molar-refractivity contribution in [2.75, 3.05) is 13.1 Å². The van der Waals surface area contributed by atoms with E-state index in [-0.39, 0.29) is 4.90 Å². The molecule has 2 rings (SSSR count). The number of hydrogen-bond donors (Lipinski definition) is 0. The molecule has 0 bridgehead atoms. The first-order valence-electron chi connectivity index (χ1n) is 6.17. The summed E-state index contributed by atoms with van der Waals surface area (Å²) in [5, 5.41) is 0. The third-order valence-corrected chi connectivity index (χ3v) is 5.40. The number of sulfonamides is 1. The summed E-state index contributed by atoms with van der Waals surface area (Å²) in [6, 6.07) is 3.83. The second-order valence-electron chi connectivity index (χ2n) is 5.02. The number of piperidine rings is 1. The summed E-state index contributed by atoms with van der Waals surface area (Å²) in [7, 11) is -3.48. The van der Waals surface area contributed by atoms with Crippen LogP contribution in [-0.2, 0) is 10.0 Å². The SMILES string of the molecule is Cc1cc(F)ccc1S(=O)(=O)N1CCC[C@H](C)C1. The Labute approximate surface area is 108 Å². The third-order valence-electron chi connectivity index (χ3n) is 3.37. The number of hydrogen-bond acceptors (Lipinski definition) is 2. The second kappa shape index (κ2) is 4.97. The molecule has 1 heterocycles. The molecule has 0 aromatic heterocycles.